The maximum absolute atomic E-state index is 12.9. The highest BCUT2D eigenvalue weighted by atomic mass is 16.6. The lowest BCUT2D eigenvalue weighted by Gasteiger charge is -2.30. The van der Waals surface area contributed by atoms with Gasteiger partial charge in [0.2, 0.25) is 0 Å². The van der Waals surface area contributed by atoms with Gasteiger partial charge in [-0.15, -0.1) is 0 Å². The maximum Gasteiger partial charge on any atom is 0.410 e. The number of fused-ring (bicyclic) bond motifs is 2. The van der Waals surface area contributed by atoms with Crippen molar-refractivity contribution in [1.82, 2.24) is 19.7 Å². The first-order valence-electron chi connectivity index (χ1n) is 11.4. The number of hydrogen-bond acceptors (Lipinski definition) is 3. The van der Waals surface area contributed by atoms with Crippen molar-refractivity contribution in [3.8, 4) is 16.9 Å². The molecule has 0 spiro atoms. The summed E-state index contributed by atoms with van der Waals surface area (Å²) in [5, 5.41) is 6.23. The molecular weight excluding hydrogens is 412 g/mol. The fourth-order valence-corrected chi connectivity index (χ4v) is 4.65. The van der Waals surface area contributed by atoms with Gasteiger partial charge in [0.05, 0.1) is 23.6 Å². The Kier molecular flexibility index (Phi) is 5.04. The van der Waals surface area contributed by atoms with Crippen LogP contribution in [0.4, 0.5) is 4.79 Å². The summed E-state index contributed by atoms with van der Waals surface area (Å²) in [6.07, 6.45) is 2.38. The minimum absolute atomic E-state index is 0.278. The molecular formula is C27H30N4O2. The van der Waals surface area contributed by atoms with Crippen molar-refractivity contribution in [1.29, 1.82) is 0 Å². The third-order valence-corrected chi connectivity index (χ3v) is 6.16. The molecule has 170 valence electrons. The molecule has 2 aromatic carbocycles. The second-order valence-corrected chi connectivity index (χ2v) is 9.86. The van der Waals surface area contributed by atoms with E-state index < -0.39 is 5.60 Å². The van der Waals surface area contributed by atoms with Crippen molar-refractivity contribution in [3.63, 3.8) is 0 Å². The highest BCUT2D eigenvalue weighted by Crippen LogP contribution is 2.36. The maximum atomic E-state index is 12.9. The van der Waals surface area contributed by atoms with Gasteiger partial charge >= 0.3 is 6.09 Å². The molecule has 0 aliphatic carbocycles. The average Bonchev–Trinajstić information content (AvgIpc) is 3.35. The van der Waals surface area contributed by atoms with Gasteiger partial charge in [0.15, 0.2) is 0 Å². The minimum atomic E-state index is -0.526. The molecule has 0 saturated heterocycles. The van der Waals surface area contributed by atoms with Gasteiger partial charge in [-0.2, -0.15) is 5.10 Å². The SMILES string of the molecule is Cc1cccc(C)c1-n1nc2c(c1-c1ccc3[nH]ccc3c1)CN(C(=O)OC(C)(C)C)CC2. The van der Waals surface area contributed by atoms with Crippen molar-refractivity contribution < 1.29 is 9.53 Å². The van der Waals surface area contributed by atoms with Crippen LogP contribution >= 0.6 is 0 Å². The van der Waals surface area contributed by atoms with E-state index in [0.717, 1.165) is 39.1 Å². The zero-order valence-corrected chi connectivity index (χ0v) is 19.9. The number of amides is 1. The second kappa shape index (κ2) is 7.80. The summed E-state index contributed by atoms with van der Waals surface area (Å²) in [6, 6.07) is 14.8. The van der Waals surface area contributed by atoms with E-state index in [1.54, 1.807) is 4.90 Å². The summed E-state index contributed by atoms with van der Waals surface area (Å²) in [5.74, 6) is 0. The van der Waals surface area contributed by atoms with Crippen LogP contribution in [0, 0.1) is 13.8 Å². The third kappa shape index (κ3) is 3.90. The molecule has 1 N–H and O–H groups in total. The smallest absolute Gasteiger partial charge is 0.410 e. The van der Waals surface area contributed by atoms with Crippen molar-refractivity contribution in [2.45, 2.75) is 53.2 Å². The van der Waals surface area contributed by atoms with Crippen LogP contribution in [-0.2, 0) is 17.7 Å². The fraction of sp³-hybridized carbons (Fsp3) is 0.333. The zero-order valence-electron chi connectivity index (χ0n) is 19.9. The highest BCUT2D eigenvalue weighted by molar-refractivity contribution is 5.85. The first kappa shape index (κ1) is 21.3. The van der Waals surface area contributed by atoms with E-state index in [-0.39, 0.29) is 6.09 Å². The molecule has 1 aliphatic heterocycles. The summed E-state index contributed by atoms with van der Waals surface area (Å²) in [7, 11) is 0. The number of aromatic nitrogens is 3. The molecule has 2 aromatic heterocycles. The predicted octanol–water partition coefficient (Wildman–Crippen LogP) is 5.93. The molecule has 0 atom stereocenters. The lowest BCUT2D eigenvalue weighted by molar-refractivity contribution is 0.0224. The number of nitrogens with one attached hydrogen (secondary N) is 1. The van der Waals surface area contributed by atoms with E-state index in [0.29, 0.717) is 19.5 Å². The van der Waals surface area contributed by atoms with Crippen molar-refractivity contribution in [2.24, 2.45) is 0 Å². The van der Waals surface area contributed by atoms with Gasteiger partial charge in [0, 0.05) is 41.2 Å². The quantitative estimate of drug-likeness (QED) is 0.418. The summed E-state index contributed by atoms with van der Waals surface area (Å²) < 4.78 is 7.76. The highest BCUT2D eigenvalue weighted by Gasteiger charge is 2.31. The predicted molar refractivity (Wildman–Crippen MR) is 131 cm³/mol. The standard InChI is InChI=1S/C27H30N4O2/c1-17-7-6-8-18(2)24(17)31-25(20-9-10-22-19(15-20)11-13-28-22)21-16-30(14-12-23(21)29-31)26(32)33-27(3,4)5/h6-11,13,15,28H,12,14,16H2,1-5H3. The van der Waals surface area contributed by atoms with Gasteiger partial charge in [-0.05, 0) is 63.9 Å². The number of benzene rings is 2. The normalized spacial score (nSPS) is 13.9. The van der Waals surface area contributed by atoms with Gasteiger partial charge in [0.1, 0.15) is 5.60 Å². The van der Waals surface area contributed by atoms with Gasteiger partial charge < -0.3 is 14.6 Å². The summed E-state index contributed by atoms with van der Waals surface area (Å²) >= 11 is 0. The molecule has 0 unspecified atom stereocenters. The van der Waals surface area contributed by atoms with Crippen LogP contribution in [0.3, 0.4) is 0 Å². The first-order valence-corrected chi connectivity index (χ1v) is 11.4. The average molecular weight is 443 g/mol. The van der Waals surface area contributed by atoms with E-state index in [4.69, 9.17) is 9.84 Å². The number of carbonyl (C=O) groups is 1. The molecule has 0 bridgehead atoms. The Morgan fingerprint density at radius 3 is 2.58 bits per heavy atom. The Balaban J connectivity index is 1.67. The Bertz CT molecular complexity index is 1340. The number of carbonyl (C=O) groups excluding carboxylic acids is 1. The first-order chi connectivity index (χ1) is 15.7. The van der Waals surface area contributed by atoms with Crippen molar-refractivity contribution >= 4 is 17.0 Å². The topological polar surface area (TPSA) is 63.2 Å². The van der Waals surface area contributed by atoms with E-state index in [2.05, 4.69) is 66.0 Å². The molecule has 6 heteroatoms. The molecule has 1 aliphatic rings. The van der Waals surface area contributed by atoms with Crippen LogP contribution in [0.2, 0.25) is 0 Å². The third-order valence-electron chi connectivity index (χ3n) is 6.16. The van der Waals surface area contributed by atoms with Crippen molar-refractivity contribution in [3.05, 3.63) is 71.0 Å². The number of H-pyrrole nitrogens is 1. The van der Waals surface area contributed by atoms with Gasteiger partial charge in [-0.1, -0.05) is 24.3 Å². The van der Waals surface area contributed by atoms with E-state index in [1.807, 2.05) is 27.0 Å². The molecule has 33 heavy (non-hydrogen) atoms. The number of nitrogens with zero attached hydrogens (tertiary/aromatic N) is 3. The van der Waals surface area contributed by atoms with Crippen LogP contribution < -0.4 is 0 Å². The minimum Gasteiger partial charge on any atom is -0.444 e. The van der Waals surface area contributed by atoms with Crippen LogP contribution in [0.5, 0.6) is 0 Å². The van der Waals surface area contributed by atoms with Gasteiger partial charge in [0.25, 0.3) is 0 Å². The number of ether oxygens (including phenoxy) is 1. The summed E-state index contributed by atoms with van der Waals surface area (Å²) in [5.41, 5.74) is 8.27. The van der Waals surface area contributed by atoms with Crippen molar-refractivity contribution in [2.75, 3.05) is 6.54 Å². The lowest BCUT2D eigenvalue weighted by Crippen LogP contribution is -2.39. The van der Waals surface area contributed by atoms with Crippen LogP contribution in [0.25, 0.3) is 27.8 Å². The number of rotatable bonds is 2. The molecule has 5 rings (SSSR count). The van der Waals surface area contributed by atoms with Gasteiger partial charge in [-0.3, -0.25) is 0 Å². The number of para-hydroxylation sites is 1. The number of aromatic amines is 1. The Morgan fingerprint density at radius 1 is 1.09 bits per heavy atom. The Morgan fingerprint density at radius 2 is 1.85 bits per heavy atom. The Labute approximate surface area is 194 Å². The molecule has 0 saturated carbocycles. The van der Waals surface area contributed by atoms with E-state index >= 15 is 0 Å². The van der Waals surface area contributed by atoms with E-state index in [1.165, 1.54) is 11.1 Å². The molecule has 3 heterocycles. The second-order valence-electron chi connectivity index (χ2n) is 9.86. The largest absolute Gasteiger partial charge is 0.444 e. The zero-order chi connectivity index (χ0) is 23.3. The lowest BCUT2D eigenvalue weighted by atomic mass is 9.99. The fourth-order valence-electron chi connectivity index (χ4n) is 4.65. The monoisotopic (exact) mass is 442 g/mol. The summed E-state index contributed by atoms with van der Waals surface area (Å²) in [4.78, 5) is 17.9. The molecule has 6 nitrogen and oxygen atoms in total. The number of hydrogen-bond donors (Lipinski definition) is 1. The van der Waals surface area contributed by atoms with Gasteiger partial charge in [-0.25, -0.2) is 9.48 Å². The molecule has 1 amide bonds. The summed E-state index contributed by atoms with van der Waals surface area (Å²) in [6.45, 7) is 11.0. The molecule has 4 aromatic rings. The number of aryl methyl sites for hydroxylation is 2. The molecule has 0 radical (unpaired) electrons. The van der Waals surface area contributed by atoms with Crippen LogP contribution in [0.15, 0.2) is 48.7 Å². The van der Waals surface area contributed by atoms with Crippen LogP contribution in [-0.4, -0.2) is 37.9 Å². The van der Waals surface area contributed by atoms with E-state index in [9.17, 15) is 4.79 Å². The Hall–Kier alpha value is -3.54. The van der Waals surface area contributed by atoms with Crippen LogP contribution in [0.1, 0.15) is 43.2 Å². The molecule has 0 fully saturated rings.